The molecule has 1 aromatic carbocycles. The molecule has 118 valence electrons. The molecule has 2 N–H and O–H groups in total. The van der Waals surface area contributed by atoms with Gasteiger partial charge in [0.2, 0.25) is 0 Å². The van der Waals surface area contributed by atoms with Gasteiger partial charge in [-0.3, -0.25) is 4.21 Å². The SMILES string of the molecule is CCCCCCCCNC(=O)Nc1ccc(S(=O)[O-])cc1. The zero-order chi connectivity index (χ0) is 15.5. The lowest BCUT2D eigenvalue weighted by atomic mass is 10.1. The maximum atomic E-state index is 11.6. The summed E-state index contributed by atoms with van der Waals surface area (Å²) in [5, 5.41) is 5.46. The van der Waals surface area contributed by atoms with Crippen molar-refractivity contribution in [3.63, 3.8) is 0 Å². The quantitative estimate of drug-likeness (QED) is 0.541. The van der Waals surface area contributed by atoms with Crippen LogP contribution in [-0.4, -0.2) is 21.3 Å². The van der Waals surface area contributed by atoms with E-state index in [9.17, 15) is 13.6 Å². The van der Waals surface area contributed by atoms with Crippen LogP contribution < -0.4 is 10.6 Å². The molecule has 2 amide bonds. The van der Waals surface area contributed by atoms with E-state index in [1.807, 2.05) is 0 Å². The summed E-state index contributed by atoms with van der Waals surface area (Å²) >= 11 is -2.24. The molecule has 5 nitrogen and oxygen atoms in total. The fraction of sp³-hybridized carbons (Fsp3) is 0.533. The molecule has 0 radical (unpaired) electrons. The standard InChI is InChI=1S/C15H24N2O3S/c1-2-3-4-5-6-7-12-16-15(18)17-13-8-10-14(11-9-13)21(19)20/h8-11H,2-7,12H2,1H3,(H,19,20)(H2,16,17,18)/p-1. The molecular weight excluding hydrogens is 288 g/mol. The second-order valence-electron chi connectivity index (χ2n) is 4.91. The van der Waals surface area contributed by atoms with Gasteiger partial charge in [0.05, 0.1) is 0 Å². The minimum absolute atomic E-state index is 0.202. The lowest BCUT2D eigenvalue weighted by Crippen LogP contribution is -2.29. The Morgan fingerprint density at radius 1 is 1.10 bits per heavy atom. The van der Waals surface area contributed by atoms with E-state index >= 15 is 0 Å². The van der Waals surface area contributed by atoms with Gasteiger partial charge in [0, 0.05) is 17.1 Å². The third kappa shape index (κ3) is 7.82. The number of rotatable bonds is 9. The van der Waals surface area contributed by atoms with Crippen molar-refractivity contribution in [2.75, 3.05) is 11.9 Å². The number of hydrogen-bond acceptors (Lipinski definition) is 3. The second kappa shape index (κ2) is 10.3. The van der Waals surface area contributed by atoms with Crippen LogP contribution in [0.25, 0.3) is 0 Å². The Bertz CT molecular complexity index is 449. The van der Waals surface area contributed by atoms with Gasteiger partial charge in [0.15, 0.2) is 0 Å². The molecule has 0 fully saturated rings. The van der Waals surface area contributed by atoms with Crippen LogP contribution in [0, 0.1) is 0 Å². The Hall–Kier alpha value is -1.40. The first-order valence-electron chi connectivity index (χ1n) is 7.37. The van der Waals surface area contributed by atoms with Crippen LogP contribution in [0.3, 0.4) is 0 Å². The number of benzene rings is 1. The number of amides is 2. The molecule has 0 saturated heterocycles. The van der Waals surface area contributed by atoms with Crippen molar-refractivity contribution in [3.05, 3.63) is 24.3 Å². The van der Waals surface area contributed by atoms with Crippen LogP contribution >= 0.6 is 0 Å². The molecule has 1 rings (SSSR count). The lowest BCUT2D eigenvalue weighted by molar-refractivity contribution is 0.252. The molecule has 0 spiro atoms. The van der Waals surface area contributed by atoms with Crippen molar-refractivity contribution in [1.29, 1.82) is 0 Å². The summed E-state index contributed by atoms with van der Waals surface area (Å²) in [6.45, 7) is 2.84. The van der Waals surface area contributed by atoms with Crippen molar-refractivity contribution in [2.45, 2.75) is 50.3 Å². The van der Waals surface area contributed by atoms with Gasteiger partial charge < -0.3 is 15.2 Å². The van der Waals surface area contributed by atoms with Gasteiger partial charge in [-0.15, -0.1) is 0 Å². The van der Waals surface area contributed by atoms with Gasteiger partial charge >= 0.3 is 6.03 Å². The predicted molar refractivity (Wildman–Crippen MR) is 84.0 cm³/mol. The van der Waals surface area contributed by atoms with E-state index in [2.05, 4.69) is 17.6 Å². The zero-order valence-corrected chi connectivity index (χ0v) is 13.2. The summed E-state index contributed by atoms with van der Waals surface area (Å²) < 4.78 is 21.4. The van der Waals surface area contributed by atoms with Gasteiger partial charge in [-0.2, -0.15) is 0 Å². The van der Waals surface area contributed by atoms with Gasteiger partial charge in [-0.25, -0.2) is 4.79 Å². The average molecular weight is 311 g/mol. The number of anilines is 1. The molecule has 0 aliphatic heterocycles. The highest BCUT2D eigenvalue weighted by Crippen LogP contribution is 2.11. The first-order valence-corrected chi connectivity index (χ1v) is 8.45. The van der Waals surface area contributed by atoms with Crippen molar-refractivity contribution < 1.29 is 13.6 Å². The summed E-state index contributed by atoms with van der Waals surface area (Å²) in [5.74, 6) is 0. The number of carbonyl (C=O) groups is 1. The van der Waals surface area contributed by atoms with Crippen LogP contribution in [0.2, 0.25) is 0 Å². The van der Waals surface area contributed by atoms with Crippen molar-refractivity contribution in [3.8, 4) is 0 Å². The molecule has 0 bridgehead atoms. The van der Waals surface area contributed by atoms with Crippen molar-refractivity contribution in [1.82, 2.24) is 5.32 Å². The normalized spacial score (nSPS) is 11.9. The van der Waals surface area contributed by atoms with Gasteiger partial charge in [0.1, 0.15) is 0 Å². The smallest absolute Gasteiger partial charge is 0.319 e. The number of carbonyl (C=O) groups excluding carboxylic acids is 1. The average Bonchev–Trinajstić information content (AvgIpc) is 2.47. The van der Waals surface area contributed by atoms with Gasteiger partial charge in [-0.05, 0) is 41.8 Å². The van der Waals surface area contributed by atoms with Crippen LogP contribution in [0.1, 0.15) is 45.4 Å². The first-order chi connectivity index (χ1) is 10.1. The van der Waals surface area contributed by atoms with E-state index < -0.39 is 11.1 Å². The van der Waals surface area contributed by atoms with Gasteiger partial charge in [0.25, 0.3) is 0 Å². The number of unbranched alkanes of at least 4 members (excludes halogenated alkanes) is 5. The Labute approximate surface area is 128 Å². The van der Waals surface area contributed by atoms with Crippen LogP contribution in [-0.2, 0) is 11.1 Å². The predicted octanol–water partition coefficient (Wildman–Crippen LogP) is 3.41. The van der Waals surface area contributed by atoms with Crippen LogP contribution in [0.5, 0.6) is 0 Å². The fourth-order valence-corrected chi connectivity index (χ4v) is 2.29. The summed E-state index contributed by atoms with van der Waals surface area (Å²) in [4.78, 5) is 11.8. The second-order valence-corrected chi connectivity index (χ2v) is 5.85. The van der Waals surface area contributed by atoms with E-state index in [0.717, 1.165) is 12.8 Å². The number of nitrogens with one attached hydrogen (secondary N) is 2. The van der Waals surface area contributed by atoms with Gasteiger partial charge in [-0.1, -0.05) is 39.0 Å². The lowest BCUT2D eigenvalue weighted by Gasteiger charge is -2.09. The first kappa shape index (κ1) is 17.7. The summed E-state index contributed by atoms with van der Waals surface area (Å²) in [5.41, 5.74) is 0.574. The molecule has 0 aliphatic rings. The molecule has 1 aromatic rings. The van der Waals surface area contributed by atoms with E-state index in [1.54, 1.807) is 12.1 Å². The molecular formula is C15H23N2O3S-. The Balaban J connectivity index is 2.17. The molecule has 0 aromatic heterocycles. The fourth-order valence-electron chi connectivity index (χ4n) is 1.93. The van der Waals surface area contributed by atoms with Crippen LogP contribution in [0.4, 0.5) is 10.5 Å². The van der Waals surface area contributed by atoms with E-state index in [0.29, 0.717) is 12.2 Å². The molecule has 1 unspecified atom stereocenters. The van der Waals surface area contributed by atoms with Crippen molar-refractivity contribution in [2.24, 2.45) is 0 Å². The third-order valence-electron chi connectivity index (χ3n) is 3.12. The molecule has 0 heterocycles. The maximum Gasteiger partial charge on any atom is 0.319 e. The minimum Gasteiger partial charge on any atom is -0.768 e. The molecule has 21 heavy (non-hydrogen) atoms. The highest BCUT2D eigenvalue weighted by molar-refractivity contribution is 7.79. The topological polar surface area (TPSA) is 81.3 Å². The summed E-state index contributed by atoms with van der Waals surface area (Å²) in [6, 6.07) is 5.77. The maximum absolute atomic E-state index is 11.6. The van der Waals surface area contributed by atoms with E-state index in [4.69, 9.17) is 0 Å². The molecule has 0 aliphatic carbocycles. The summed E-state index contributed by atoms with van der Waals surface area (Å²) in [6.07, 6.45) is 7.09. The van der Waals surface area contributed by atoms with E-state index in [1.165, 1.54) is 37.8 Å². The number of urea groups is 1. The molecule has 6 heteroatoms. The Morgan fingerprint density at radius 2 is 1.71 bits per heavy atom. The Kier molecular flexibility index (Phi) is 8.69. The largest absolute Gasteiger partial charge is 0.768 e. The highest BCUT2D eigenvalue weighted by atomic mass is 32.2. The van der Waals surface area contributed by atoms with Crippen LogP contribution in [0.15, 0.2) is 29.2 Å². The zero-order valence-electron chi connectivity index (χ0n) is 12.4. The number of hydrogen-bond donors (Lipinski definition) is 2. The molecule has 1 atom stereocenters. The summed E-state index contributed by atoms with van der Waals surface area (Å²) in [7, 11) is 0. The van der Waals surface area contributed by atoms with E-state index in [-0.39, 0.29) is 10.9 Å². The third-order valence-corrected chi connectivity index (χ3v) is 3.78. The van der Waals surface area contributed by atoms with Crippen molar-refractivity contribution >= 4 is 22.8 Å². The minimum atomic E-state index is -2.24. The monoisotopic (exact) mass is 311 g/mol. The highest BCUT2D eigenvalue weighted by Gasteiger charge is 2.01. The molecule has 0 saturated carbocycles. The Morgan fingerprint density at radius 3 is 2.33 bits per heavy atom.